The smallest absolute Gasteiger partial charge is 0.319 e. The molecule has 0 atom stereocenters. The predicted octanol–water partition coefficient (Wildman–Crippen LogP) is 2.90. The van der Waals surface area contributed by atoms with Crippen molar-refractivity contribution in [2.45, 2.75) is 45.6 Å². The topological polar surface area (TPSA) is 114 Å². The molecule has 2 fully saturated rings. The lowest BCUT2D eigenvalue weighted by atomic mass is 9.72. The molecule has 2 aliphatic heterocycles. The Labute approximate surface area is 200 Å². The Kier molecular flexibility index (Phi) is 6.56. The average Bonchev–Trinajstić information content (AvgIpc) is 3.23. The van der Waals surface area contributed by atoms with E-state index in [1.54, 1.807) is 7.11 Å². The number of nitrogens with zero attached hydrogens (tertiary/aromatic N) is 4. The number of hydrogen-bond acceptors (Lipinski definition) is 8. The minimum absolute atomic E-state index is 0.296. The first-order chi connectivity index (χ1) is 16.6. The third-order valence-electron chi connectivity index (χ3n) is 7.12. The number of methoxy groups -OCH3 is 1. The number of anilines is 1. The van der Waals surface area contributed by atoms with Gasteiger partial charge in [0.15, 0.2) is 11.3 Å². The maximum Gasteiger partial charge on any atom is 0.319 e. The zero-order valence-electron chi connectivity index (χ0n) is 20.2. The number of hydrogen-bond donors (Lipinski definition) is 3. The van der Waals surface area contributed by atoms with Gasteiger partial charge in [-0.25, -0.2) is 0 Å². The fourth-order valence-corrected chi connectivity index (χ4v) is 5.21. The van der Waals surface area contributed by atoms with Gasteiger partial charge in [0.2, 0.25) is 0 Å². The number of nitrogens with two attached hydrogens (primary N) is 1. The number of aromatic amines is 1. The van der Waals surface area contributed by atoms with E-state index in [1.165, 1.54) is 31.5 Å². The Hall–Kier alpha value is -2.91. The van der Waals surface area contributed by atoms with Crippen LogP contribution in [-0.2, 0) is 13.0 Å². The Morgan fingerprint density at radius 3 is 2.74 bits per heavy atom. The first-order valence-corrected chi connectivity index (χ1v) is 12.3. The second-order valence-electron chi connectivity index (χ2n) is 9.71. The number of rotatable bonds is 9. The Morgan fingerprint density at radius 1 is 1.15 bits per heavy atom. The molecule has 34 heavy (non-hydrogen) atoms. The fraction of sp³-hybridized carbons (Fsp3) is 0.560. The maximum absolute atomic E-state index is 6.11. The van der Waals surface area contributed by atoms with Gasteiger partial charge in [-0.3, -0.25) is 10.00 Å². The van der Waals surface area contributed by atoms with Gasteiger partial charge in [0, 0.05) is 31.6 Å². The number of nitrogen functional groups attached to an aromatic ring is 1. The van der Waals surface area contributed by atoms with Crippen molar-refractivity contribution in [1.82, 2.24) is 30.4 Å². The molecule has 0 bridgehead atoms. The van der Waals surface area contributed by atoms with E-state index in [0.717, 1.165) is 49.5 Å². The molecule has 2 aliphatic rings. The summed E-state index contributed by atoms with van der Waals surface area (Å²) in [5.74, 6) is 1.20. The van der Waals surface area contributed by atoms with E-state index >= 15 is 0 Å². The summed E-state index contributed by atoms with van der Waals surface area (Å²) in [6.45, 7) is 8.34. The van der Waals surface area contributed by atoms with Crippen molar-refractivity contribution < 1.29 is 9.47 Å². The molecule has 0 unspecified atom stereocenters. The fourth-order valence-electron chi connectivity index (χ4n) is 5.21. The van der Waals surface area contributed by atoms with Crippen LogP contribution in [0.25, 0.3) is 11.0 Å². The number of aromatic nitrogens is 4. The van der Waals surface area contributed by atoms with Crippen molar-refractivity contribution in [3.8, 4) is 11.8 Å². The highest BCUT2D eigenvalue weighted by molar-refractivity contribution is 5.86. The van der Waals surface area contributed by atoms with Crippen LogP contribution in [0.3, 0.4) is 0 Å². The zero-order valence-corrected chi connectivity index (χ0v) is 20.2. The standard InChI is InChI=1S/C25H35N7O2/c1-3-4-11-34-24-28-21-19(30-31-22(21)23(26)29-24)13-18-6-5-17(12-20(18)33-2)14-32-15-25(16-32)7-9-27-10-8-25/h5-6,12,27H,3-4,7-11,13-16H2,1-2H3,(H,30,31)(H2,26,28,29). The normalized spacial score (nSPS) is 17.7. The maximum atomic E-state index is 6.11. The van der Waals surface area contributed by atoms with Gasteiger partial charge in [0.25, 0.3) is 0 Å². The number of likely N-dealkylation sites (tertiary alicyclic amines) is 1. The highest BCUT2D eigenvalue weighted by Crippen LogP contribution is 2.39. The molecule has 2 saturated heterocycles. The first kappa shape index (κ1) is 22.9. The van der Waals surface area contributed by atoms with Crippen LogP contribution in [0.15, 0.2) is 18.2 Å². The minimum atomic E-state index is 0.296. The van der Waals surface area contributed by atoms with Crippen LogP contribution in [0.4, 0.5) is 5.82 Å². The molecule has 1 aromatic carbocycles. The summed E-state index contributed by atoms with van der Waals surface area (Å²) < 4.78 is 11.4. The Bertz CT molecular complexity index is 1130. The Morgan fingerprint density at radius 2 is 1.97 bits per heavy atom. The third kappa shape index (κ3) is 4.67. The number of benzene rings is 1. The number of piperidine rings is 1. The van der Waals surface area contributed by atoms with E-state index in [1.807, 2.05) is 0 Å². The van der Waals surface area contributed by atoms with Crippen LogP contribution >= 0.6 is 0 Å². The molecule has 9 nitrogen and oxygen atoms in total. The second-order valence-corrected chi connectivity index (χ2v) is 9.71. The number of H-pyrrole nitrogens is 1. The number of unbranched alkanes of at least 4 members (excludes halogenated alkanes) is 1. The van der Waals surface area contributed by atoms with E-state index in [4.69, 9.17) is 15.2 Å². The zero-order chi connectivity index (χ0) is 23.5. The van der Waals surface area contributed by atoms with Crippen LogP contribution < -0.4 is 20.5 Å². The summed E-state index contributed by atoms with van der Waals surface area (Å²) >= 11 is 0. The van der Waals surface area contributed by atoms with E-state index < -0.39 is 0 Å². The van der Waals surface area contributed by atoms with Crippen LogP contribution in [-0.4, -0.2) is 65.0 Å². The van der Waals surface area contributed by atoms with E-state index in [0.29, 0.717) is 41.3 Å². The van der Waals surface area contributed by atoms with Crippen molar-refractivity contribution in [1.29, 1.82) is 0 Å². The number of fused-ring (bicyclic) bond motifs is 1. The minimum Gasteiger partial charge on any atom is -0.496 e. The van der Waals surface area contributed by atoms with Crippen LogP contribution in [0, 0.1) is 5.41 Å². The van der Waals surface area contributed by atoms with Crippen molar-refractivity contribution in [3.05, 3.63) is 35.0 Å². The lowest BCUT2D eigenvalue weighted by molar-refractivity contribution is -0.0282. The van der Waals surface area contributed by atoms with Crippen molar-refractivity contribution in [2.75, 3.05) is 45.6 Å². The van der Waals surface area contributed by atoms with Gasteiger partial charge in [-0.05, 0) is 49.4 Å². The average molecular weight is 466 g/mol. The largest absolute Gasteiger partial charge is 0.496 e. The van der Waals surface area contributed by atoms with Crippen LogP contribution in [0.1, 0.15) is 49.4 Å². The van der Waals surface area contributed by atoms with Crippen molar-refractivity contribution >= 4 is 16.9 Å². The van der Waals surface area contributed by atoms with Gasteiger partial charge in [-0.2, -0.15) is 15.1 Å². The monoisotopic (exact) mass is 465 g/mol. The molecule has 0 radical (unpaired) electrons. The van der Waals surface area contributed by atoms with Crippen LogP contribution in [0.2, 0.25) is 0 Å². The molecular formula is C25H35N7O2. The predicted molar refractivity (Wildman–Crippen MR) is 132 cm³/mol. The molecule has 3 aromatic rings. The van der Waals surface area contributed by atoms with E-state index in [9.17, 15) is 0 Å². The molecule has 0 saturated carbocycles. The quantitative estimate of drug-likeness (QED) is 0.413. The molecule has 4 N–H and O–H groups in total. The second kappa shape index (κ2) is 9.76. The molecule has 1 spiro atoms. The van der Waals surface area contributed by atoms with Crippen molar-refractivity contribution in [3.63, 3.8) is 0 Å². The molecule has 0 amide bonds. The van der Waals surface area contributed by atoms with Gasteiger partial charge in [0.1, 0.15) is 11.3 Å². The van der Waals surface area contributed by atoms with Gasteiger partial charge in [0.05, 0.1) is 19.4 Å². The third-order valence-corrected chi connectivity index (χ3v) is 7.12. The molecule has 182 valence electrons. The van der Waals surface area contributed by atoms with Gasteiger partial charge < -0.3 is 20.5 Å². The summed E-state index contributed by atoms with van der Waals surface area (Å²) in [6, 6.07) is 6.80. The molecule has 2 aromatic heterocycles. The van der Waals surface area contributed by atoms with Gasteiger partial charge >= 0.3 is 6.01 Å². The summed E-state index contributed by atoms with van der Waals surface area (Å²) in [4.78, 5) is 11.4. The van der Waals surface area contributed by atoms with Gasteiger partial charge in [-0.15, -0.1) is 0 Å². The number of nitrogens with one attached hydrogen (secondary N) is 2. The molecular weight excluding hydrogens is 430 g/mol. The Balaban J connectivity index is 1.29. The first-order valence-electron chi connectivity index (χ1n) is 12.3. The molecule has 5 rings (SSSR count). The van der Waals surface area contributed by atoms with Crippen molar-refractivity contribution in [2.24, 2.45) is 5.41 Å². The van der Waals surface area contributed by atoms with Gasteiger partial charge in [-0.1, -0.05) is 25.5 Å². The lowest BCUT2D eigenvalue weighted by Gasteiger charge is -2.52. The molecule has 4 heterocycles. The summed E-state index contributed by atoms with van der Waals surface area (Å²) in [6.07, 6.45) is 5.18. The highest BCUT2D eigenvalue weighted by atomic mass is 16.5. The van der Waals surface area contributed by atoms with E-state index in [-0.39, 0.29) is 0 Å². The summed E-state index contributed by atoms with van der Waals surface area (Å²) in [7, 11) is 1.72. The highest BCUT2D eigenvalue weighted by Gasteiger charge is 2.42. The lowest BCUT2D eigenvalue weighted by Crippen LogP contribution is -2.59. The summed E-state index contributed by atoms with van der Waals surface area (Å²) in [5, 5.41) is 10.9. The number of ether oxygens (including phenoxy) is 2. The molecule has 0 aliphatic carbocycles. The SMILES string of the molecule is CCCCOc1nc(N)c2n[nH]c(Cc3ccc(CN4CC5(CCNCC5)C4)cc3OC)c2n1. The van der Waals surface area contributed by atoms with E-state index in [2.05, 4.69) is 55.5 Å². The van der Waals surface area contributed by atoms with Crippen LogP contribution in [0.5, 0.6) is 11.8 Å². The molecule has 9 heteroatoms. The summed E-state index contributed by atoms with van der Waals surface area (Å²) in [5.41, 5.74) is 11.1.